The fraction of sp³-hybridized carbons (Fsp3) is 0.700. The van der Waals surface area contributed by atoms with Gasteiger partial charge in [0, 0.05) is 18.3 Å². The molecule has 1 rings (SSSR count). The molecular formula is C10H19N3O3. The van der Waals surface area contributed by atoms with E-state index in [9.17, 15) is 0 Å². The average Bonchev–Trinajstić information content (AvgIpc) is 2.74. The van der Waals surface area contributed by atoms with Crippen molar-refractivity contribution in [3.63, 3.8) is 0 Å². The summed E-state index contributed by atoms with van der Waals surface area (Å²) in [4.78, 5) is 0. The van der Waals surface area contributed by atoms with Gasteiger partial charge in [0.05, 0.1) is 38.1 Å². The molecule has 4 N–H and O–H groups in total. The van der Waals surface area contributed by atoms with Crippen molar-refractivity contribution in [1.29, 1.82) is 0 Å². The van der Waals surface area contributed by atoms with Crippen LogP contribution in [0.25, 0.3) is 0 Å². The van der Waals surface area contributed by atoms with Crippen LogP contribution >= 0.6 is 0 Å². The lowest BCUT2D eigenvalue weighted by Crippen LogP contribution is -2.48. The first kappa shape index (κ1) is 13.1. The molecule has 6 heteroatoms. The van der Waals surface area contributed by atoms with Crippen molar-refractivity contribution in [3.8, 4) is 0 Å². The molecule has 0 aliphatic carbocycles. The quantitative estimate of drug-likeness (QED) is 0.467. The molecule has 0 radical (unpaired) electrons. The smallest absolute Gasteiger partial charge is 0.0640 e. The van der Waals surface area contributed by atoms with E-state index in [-0.39, 0.29) is 19.8 Å². The second kappa shape index (κ2) is 5.95. The molecule has 92 valence electrons. The van der Waals surface area contributed by atoms with Crippen LogP contribution in [0.2, 0.25) is 0 Å². The van der Waals surface area contributed by atoms with Gasteiger partial charge in [0.15, 0.2) is 0 Å². The lowest BCUT2D eigenvalue weighted by atomic mass is 10.1. The number of hydrogen-bond donors (Lipinski definition) is 4. The summed E-state index contributed by atoms with van der Waals surface area (Å²) in [5.41, 5.74) is 0.264. The molecule has 0 aliphatic heterocycles. The van der Waals surface area contributed by atoms with Crippen LogP contribution in [0.15, 0.2) is 12.4 Å². The third-order valence-corrected chi connectivity index (χ3v) is 2.43. The van der Waals surface area contributed by atoms with E-state index in [1.807, 2.05) is 6.20 Å². The zero-order valence-corrected chi connectivity index (χ0v) is 9.43. The molecule has 0 bridgehead atoms. The number of rotatable bonds is 7. The molecule has 0 saturated carbocycles. The molecule has 1 aromatic rings. The van der Waals surface area contributed by atoms with Gasteiger partial charge in [0.25, 0.3) is 0 Å². The minimum Gasteiger partial charge on any atom is -0.394 e. The van der Waals surface area contributed by atoms with Gasteiger partial charge in [-0.3, -0.25) is 4.68 Å². The van der Waals surface area contributed by atoms with Crippen LogP contribution < -0.4 is 5.32 Å². The Hall–Kier alpha value is -0.950. The first-order valence-corrected chi connectivity index (χ1v) is 5.22. The van der Waals surface area contributed by atoms with Crippen molar-refractivity contribution in [1.82, 2.24) is 15.1 Å². The molecule has 0 aromatic carbocycles. The predicted molar refractivity (Wildman–Crippen MR) is 58.7 cm³/mol. The Kier molecular flexibility index (Phi) is 4.88. The monoisotopic (exact) mass is 229 g/mol. The maximum atomic E-state index is 9.08. The number of aromatic nitrogens is 2. The van der Waals surface area contributed by atoms with Gasteiger partial charge in [0.2, 0.25) is 0 Å². The molecule has 0 unspecified atom stereocenters. The van der Waals surface area contributed by atoms with Gasteiger partial charge in [-0.05, 0) is 6.92 Å². The van der Waals surface area contributed by atoms with Gasteiger partial charge in [-0.15, -0.1) is 0 Å². The molecule has 0 aliphatic rings. The summed E-state index contributed by atoms with van der Waals surface area (Å²) < 4.78 is 1.65. The van der Waals surface area contributed by atoms with Gasteiger partial charge in [-0.1, -0.05) is 0 Å². The molecule has 16 heavy (non-hydrogen) atoms. The van der Waals surface area contributed by atoms with Crippen molar-refractivity contribution in [2.75, 3.05) is 19.8 Å². The Labute approximate surface area is 94.5 Å². The average molecular weight is 229 g/mol. The number of aliphatic hydroxyl groups is 3. The molecule has 0 amide bonds. The number of aliphatic hydroxyl groups excluding tert-OH is 3. The SMILES string of the molecule is CC(CO)(CO)NCc1cnn(CCO)c1. The van der Waals surface area contributed by atoms with Gasteiger partial charge >= 0.3 is 0 Å². The number of hydrogen-bond acceptors (Lipinski definition) is 5. The predicted octanol–water partition coefficient (Wildman–Crippen LogP) is -1.29. The van der Waals surface area contributed by atoms with Crippen LogP contribution in [0.5, 0.6) is 0 Å². The van der Waals surface area contributed by atoms with Crippen LogP contribution in [0.4, 0.5) is 0 Å². The molecule has 1 aromatic heterocycles. The van der Waals surface area contributed by atoms with E-state index in [1.165, 1.54) is 0 Å². The maximum absolute atomic E-state index is 9.08. The molecule has 1 heterocycles. The van der Waals surface area contributed by atoms with Crippen molar-refractivity contribution in [2.24, 2.45) is 0 Å². The van der Waals surface area contributed by atoms with Crippen molar-refractivity contribution < 1.29 is 15.3 Å². The summed E-state index contributed by atoms with van der Waals surface area (Å²) in [6.07, 6.45) is 3.51. The minimum atomic E-state index is -0.681. The largest absolute Gasteiger partial charge is 0.394 e. The summed E-state index contributed by atoms with van der Waals surface area (Å²) >= 11 is 0. The lowest BCUT2D eigenvalue weighted by Gasteiger charge is -2.25. The third kappa shape index (κ3) is 3.57. The van der Waals surface area contributed by atoms with E-state index in [1.54, 1.807) is 17.8 Å². The van der Waals surface area contributed by atoms with E-state index >= 15 is 0 Å². The van der Waals surface area contributed by atoms with Crippen molar-refractivity contribution in [3.05, 3.63) is 18.0 Å². The van der Waals surface area contributed by atoms with E-state index in [2.05, 4.69) is 10.4 Å². The second-order valence-electron chi connectivity index (χ2n) is 4.07. The Bertz CT molecular complexity index is 310. The molecule has 0 atom stereocenters. The van der Waals surface area contributed by atoms with Gasteiger partial charge in [-0.2, -0.15) is 5.10 Å². The Morgan fingerprint density at radius 3 is 2.62 bits per heavy atom. The van der Waals surface area contributed by atoms with Crippen LogP contribution in [-0.2, 0) is 13.1 Å². The second-order valence-corrected chi connectivity index (χ2v) is 4.07. The van der Waals surface area contributed by atoms with Gasteiger partial charge < -0.3 is 20.6 Å². The summed E-state index contributed by atoms with van der Waals surface area (Å²) in [5.74, 6) is 0. The summed E-state index contributed by atoms with van der Waals surface area (Å²) in [7, 11) is 0. The normalized spacial score (nSPS) is 12.0. The highest BCUT2D eigenvalue weighted by atomic mass is 16.3. The van der Waals surface area contributed by atoms with Crippen LogP contribution in [0.3, 0.4) is 0 Å². The molecule has 0 saturated heterocycles. The highest BCUT2D eigenvalue weighted by Gasteiger charge is 2.21. The Morgan fingerprint density at radius 1 is 1.38 bits per heavy atom. The first-order chi connectivity index (χ1) is 7.63. The lowest BCUT2D eigenvalue weighted by molar-refractivity contribution is 0.103. The van der Waals surface area contributed by atoms with E-state index in [4.69, 9.17) is 15.3 Å². The maximum Gasteiger partial charge on any atom is 0.0640 e. The van der Waals surface area contributed by atoms with Gasteiger partial charge in [0.1, 0.15) is 0 Å². The molecular weight excluding hydrogens is 210 g/mol. The standard InChI is InChI=1S/C10H19N3O3/c1-10(7-15,8-16)11-4-9-5-12-13(6-9)2-3-14/h5-6,11,14-16H,2-4,7-8H2,1H3. The van der Waals surface area contributed by atoms with E-state index in [0.717, 1.165) is 5.56 Å². The van der Waals surface area contributed by atoms with E-state index in [0.29, 0.717) is 13.1 Å². The first-order valence-electron chi connectivity index (χ1n) is 5.22. The highest BCUT2D eigenvalue weighted by molar-refractivity contribution is 5.04. The van der Waals surface area contributed by atoms with Crippen LogP contribution in [0.1, 0.15) is 12.5 Å². The van der Waals surface area contributed by atoms with Crippen LogP contribution in [0, 0.1) is 0 Å². The van der Waals surface area contributed by atoms with Gasteiger partial charge in [-0.25, -0.2) is 0 Å². The Balaban J connectivity index is 2.47. The van der Waals surface area contributed by atoms with E-state index < -0.39 is 5.54 Å². The fourth-order valence-electron chi connectivity index (χ4n) is 1.20. The minimum absolute atomic E-state index is 0.0551. The Morgan fingerprint density at radius 2 is 2.06 bits per heavy atom. The third-order valence-electron chi connectivity index (χ3n) is 2.43. The fourth-order valence-corrected chi connectivity index (χ4v) is 1.20. The topological polar surface area (TPSA) is 90.5 Å². The zero-order chi connectivity index (χ0) is 12.0. The zero-order valence-electron chi connectivity index (χ0n) is 9.43. The number of nitrogens with one attached hydrogen (secondary N) is 1. The van der Waals surface area contributed by atoms with Crippen LogP contribution in [-0.4, -0.2) is 50.5 Å². The highest BCUT2D eigenvalue weighted by Crippen LogP contribution is 2.04. The molecule has 0 fully saturated rings. The van der Waals surface area contributed by atoms with Crippen molar-refractivity contribution in [2.45, 2.75) is 25.6 Å². The molecule has 0 spiro atoms. The molecule has 6 nitrogen and oxygen atoms in total. The number of nitrogens with zero attached hydrogens (tertiary/aromatic N) is 2. The summed E-state index contributed by atoms with van der Waals surface area (Å²) in [5, 5.41) is 34.0. The summed E-state index contributed by atoms with van der Waals surface area (Å²) in [6.45, 7) is 2.52. The van der Waals surface area contributed by atoms with Crippen molar-refractivity contribution >= 4 is 0 Å². The summed E-state index contributed by atoms with van der Waals surface area (Å²) in [6, 6.07) is 0.